The standard InChI is InChI=1S/C21H26F2N4.HI/c1-24-21(26-14-18-12-19(22)8-9-20(18)23)25-13-16-4-6-17(7-5-16)15-27-10-2-3-11-27;/h4-9,12H,2-3,10-11,13-15H2,1H3,(H2,24,25,26);1H. The zero-order valence-electron chi connectivity index (χ0n) is 16.0. The predicted octanol–water partition coefficient (Wildman–Crippen LogP) is 4.04. The van der Waals surface area contributed by atoms with E-state index in [2.05, 4.69) is 44.8 Å². The topological polar surface area (TPSA) is 39.7 Å². The molecule has 1 fully saturated rings. The number of nitrogens with one attached hydrogen (secondary N) is 2. The third-order valence-corrected chi connectivity index (χ3v) is 4.77. The monoisotopic (exact) mass is 500 g/mol. The second-order valence-electron chi connectivity index (χ2n) is 6.81. The summed E-state index contributed by atoms with van der Waals surface area (Å²) in [5.74, 6) is -0.349. The second kappa shape index (κ2) is 11.3. The number of halogens is 3. The van der Waals surface area contributed by atoms with Crippen LogP contribution in [0.3, 0.4) is 0 Å². The molecule has 0 atom stereocenters. The highest BCUT2D eigenvalue weighted by molar-refractivity contribution is 14.0. The first-order valence-electron chi connectivity index (χ1n) is 9.32. The van der Waals surface area contributed by atoms with Crippen molar-refractivity contribution in [3.05, 3.63) is 70.8 Å². The molecule has 0 aromatic heterocycles. The Morgan fingerprint density at radius 2 is 1.61 bits per heavy atom. The molecule has 3 rings (SSSR count). The molecule has 2 N–H and O–H groups in total. The number of likely N-dealkylation sites (tertiary alicyclic amines) is 1. The molecule has 0 unspecified atom stereocenters. The van der Waals surface area contributed by atoms with E-state index < -0.39 is 11.6 Å². The SMILES string of the molecule is CN=C(NCc1ccc(CN2CCCC2)cc1)NCc1cc(F)ccc1F.I. The van der Waals surface area contributed by atoms with Crippen LogP contribution in [0.4, 0.5) is 8.78 Å². The Labute approximate surface area is 182 Å². The summed E-state index contributed by atoms with van der Waals surface area (Å²) in [6.45, 7) is 4.16. The Balaban J connectivity index is 0.00000280. The molecule has 7 heteroatoms. The molecule has 2 aromatic carbocycles. The van der Waals surface area contributed by atoms with Gasteiger partial charge in [-0.15, -0.1) is 24.0 Å². The molecule has 0 bridgehead atoms. The molecule has 0 aliphatic carbocycles. The van der Waals surface area contributed by atoms with Crippen molar-refractivity contribution in [1.29, 1.82) is 0 Å². The molecule has 28 heavy (non-hydrogen) atoms. The van der Waals surface area contributed by atoms with E-state index in [0.717, 1.165) is 24.2 Å². The largest absolute Gasteiger partial charge is 0.352 e. The maximum Gasteiger partial charge on any atom is 0.191 e. The van der Waals surface area contributed by atoms with Gasteiger partial charge in [-0.1, -0.05) is 24.3 Å². The van der Waals surface area contributed by atoms with Crippen LogP contribution in [-0.4, -0.2) is 31.0 Å². The predicted molar refractivity (Wildman–Crippen MR) is 120 cm³/mol. The van der Waals surface area contributed by atoms with Crippen LogP contribution >= 0.6 is 24.0 Å². The van der Waals surface area contributed by atoms with Crippen molar-refractivity contribution in [3.63, 3.8) is 0 Å². The molecule has 4 nitrogen and oxygen atoms in total. The fourth-order valence-corrected chi connectivity index (χ4v) is 3.23. The van der Waals surface area contributed by atoms with E-state index in [0.29, 0.717) is 12.5 Å². The minimum Gasteiger partial charge on any atom is -0.352 e. The lowest BCUT2D eigenvalue weighted by atomic mass is 10.1. The van der Waals surface area contributed by atoms with E-state index in [1.54, 1.807) is 7.05 Å². The Bertz CT molecular complexity index is 774. The second-order valence-corrected chi connectivity index (χ2v) is 6.81. The molecular weight excluding hydrogens is 473 g/mol. The maximum atomic E-state index is 13.7. The lowest BCUT2D eigenvalue weighted by Gasteiger charge is -2.15. The van der Waals surface area contributed by atoms with E-state index in [4.69, 9.17) is 0 Å². The Hall–Kier alpha value is -1.74. The van der Waals surface area contributed by atoms with Gasteiger partial charge in [-0.2, -0.15) is 0 Å². The number of rotatable bonds is 6. The van der Waals surface area contributed by atoms with Gasteiger partial charge in [-0.3, -0.25) is 9.89 Å². The van der Waals surface area contributed by atoms with E-state index in [9.17, 15) is 8.78 Å². The van der Waals surface area contributed by atoms with Gasteiger partial charge in [-0.25, -0.2) is 8.78 Å². The van der Waals surface area contributed by atoms with E-state index in [1.165, 1.54) is 37.6 Å². The van der Waals surface area contributed by atoms with Crippen molar-refractivity contribution < 1.29 is 8.78 Å². The van der Waals surface area contributed by atoms with Gasteiger partial charge in [-0.05, 0) is 55.3 Å². The summed E-state index contributed by atoms with van der Waals surface area (Å²) in [6.07, 6.45) is 2.60. The summed E-state index contributed by atoms with van der Waals surface area (Å²) >= 11 is 0. The summed E-state index contributed by atoms with van der Waals surface area (Å²) in [5, 5.41) is 6.20. The molecule has 1 saturated heterocycles. The van der Waals surface area contributed by atoms with Crippen LogP contribution in [0.5, 0.6) is 0 Å². The van der Waals surface area contributed by atoms with Crippen LogP contribution in [0.2, 0.25) is 0 Å². The number of benzene rings is 2. The normalized spacial score (nSPS) is 14.6. The summed E-state index contributed by atoms with van der Waals surface area (Å²) in [6, 6.07) is 12.0. The molecule has 0 radical (unpaired) electrons. The Kier molecular flexibility index (Phi) is 9.11. The van der Waals surface area contributed by atoms with Crippen LogP contribution in [0.25, 0.3) is 0 Å². The van der Waals surface area contributed by atoms with E-state index in [-0.39, 0.29) is 36.1 Å². The maximum absolute atomic E-state index is 13.7. The van der Waals surface area contributed by atoms with Gasteiger partial charge >= 0.3 is 0 Å². The van der Waals surface area contributed by atoms with Gasteiger partial charge in [0.25, 0.3) is 0 Å². The van der Waals surface area contributed by atoms with Crippen molar-refractivity contribution in [3.8, 4) is 0 Å². The van der Waals surface area contributed by atoms with Crippen molar-refractivity contribution in [2.24, 2.45) is 4.99 Å². The van der Waals surface area contributed by atoms with Gasteiger partial charge in [0.15, 0.2) is 5.96 Å². The first-order valence-corrected chi connectivity index (χ1v) is 9.32. The van der Waals surface area contributed by atoms with Crippen LogP contribution < -0.4 is 10.6 Å². The zero-order valence-corrected chi connectivity index (χ0v) is 18.4. The molecule has 1 aliphatic heterocycles. The number of hydrogen-bond acceptors (Lipinski definition) is 2. The highest BCUT2D eigenvalue weighted by atomic mass is 127. The number of nitrogens with zero attached hydrogens (tertiary/aromatic N) is 2. The van der Waals surface area contributed by atoms with Crippen molar-refractivity contribution >= 4 is 29.9 Å². The van der Waals surface area contributed by atoms with Gasteiger partial charge in [0.1, 0.15) is 11.6 Å². The molecule has 0 saturated carbocycles. The molecule has 1 heterocycles. The average Bonchev–Trinajstić information content (AvgIpc) is 3.19. The molecule has 0 amide bonds. The van der Waals surface area contributed by atoms with Crippen LogP contribution in [0.15, 0.2) is 47.5 Å². The first kappa shape index (κ1) is 22.5. The highest BCUT2D eigenvalue weighted by Gasteiger charge is 2.11. The van der Waals surface area contributed by atoms with E-state index in [1.807, 2.05) is 0 Å². The quantitative estimate of drug-likeness (QED) is 0.358. The smallest absolute Gasteiger partial charge is 0.191 e. The minimum absolute atomic E-state index is 0. The molecule has 152 valence electrons. The number of guanidine groups is 1. The number of hydrogen-bond donors (Lipinski definition) is 2. The van der Waals surface area contributed by atoms with Gasteiger partial charge in [0.05, 0.1) is 0 Å². The zero-order chi connectivity index (χ0) is 19.1. The van der Waals surface area contributed by atoms with Crippen molar-refractivity contribution in [1.82, 2.24) is 15.5 Å². The summed E-state index contributed by atoms with van der Waals surface area (Å²) in [5.41, 5.74) is 2.73. The third-order valence-electron chi connectivity index (χ3n) is 4.77. The fourth-order valence-electron chi connectivity index (χ4n) is 3.23. The molecule has 1 aliphatic rings. The summed E-state index contributed by atoms with van der Waals surface area (Å²) < 4.78 is 26.9. The van der Waals surface area contributed by atoms with Gasteiger partial charge in [0.2, 0.25) is 0 Å². The van der Waals surface area contributed by atoms with Crippen molar-refractivity contribution in [2.75, 3.05) is 20.1 Å². The lowest BCUT2D eigenvalue weighted by Crippen LogP contribution is -2.36. The number of aliphatic imine (C=N–C) groups is 1. The molecule has 0 spiro atoms. The van der Waals surface area contributed by atoms with Crippen LogP contribution in [-0.2, 0) is 19.6 Å². The molecule has 2 aromatic rings. The minimum atomic E-state index is -0.454. The fraction of sp³-hybridized carbons (Fsp3) is 0.381. The van der Waals surface area contributed by atoms with Crippen LogP contribution in [0.1, 0.15) is 29.5 Å². The summed E-state index contributed by atoms with van der Waals surface area (Å²) in [7, 11) is 1.65. The summed E-state index contributed by atoms with van der Waals surface area (Å²) in [4.78, 5) is 6.60. The van der Waals surface area contributed by atoms with Crippen LogP contribution in [0, 0.1) is 11.6 Å². The van der Waals surface area contributed by atoms with E-state index >= 15 is 0 Å². The van der Waals surface area contributed by atoms with Gasteiger partial charge in [0, 0.05) is 32.2 Å². The Morgan fingerprint density at radius 3 is 2.29 bits per heavy atom. The first-order chi connectivity index (χ1) is 13.1. The third kappa shape index (κ3) is 6.70. The average molecular weight is 500 g/mol. The molecular formula is C21H27F2IN4. The highest BCUT2D eigenvalue weighted by Crippen LogP contribution is 2.13. The lowest BCUT2D eigenvalue weighted by molar-refractivity contribution is 0.331. The van der Waals surface area contributed by atoms with Crippen molar-refractivity contribution in [2.45, 2.75) is 32.5 Å². The van der Waals surface area contributed by atoms with Gasteiger partial charge < -0.3 is 10.6 Å². The Morgan fingerprint density at radius 1 is 0.964 bits per heavy atom.